The van der Waals surface area contributed by atoms with Crippen molar-refractivity contribution in [2.24, 2.45) is 29.2 Å². The predicted octanol–water partition coefficient (Wildman–Crippen LogP) is -6.18. The van der Waals surface area contributed by atoms with Crippen LogP contribution in [0.3, 0.4) is 0 Å². The van der Waals surface area contributed by atoms with Crippen molar-refractivity contribution in [3.63, 3.8) is 0 Å². The van der Waals surface area contributed by atoms with E-state index in [1.54, 1.807) is 20.8 Å². The summed E-state index contributed by atoms with van der Waals surface area (Å²) in [4.78, 5) is 176. The molecule has 0 fully saturated rings. The van der Waals surface area contributed by atoms with E-state index in [2.05, 4.69) is 63.1 Å². The van der Waals surface area contributed by atoms with Gasteiger partial charge in [0.1, 0.15) is 54.4 Å². The molecule has 1 aromatic rings. The Hall–Kier alpha value is -7.88. The van der Waals surface area contributed by atoms with Gasteiger partial charge >= 0.3 is 17.9 Å². The monoisotopic (exact) mass is 1200 g/mol. The quantitative estimate of drug-likeness (QED) is 0.0271. The number of amides is 10. The first-order valence-corrected chi connectivity index (χ1v) is 27.4. The second-order valence-electron chi connectivity index (χ2n) is 20.8. The molecule has 0 spiro atoms. The highest BCUT2D eigenvalue weighted by molar-refractivity contribution is 5.99. The number of imidazole rings is 1. The maximum Gasteiger partial charge on any atom is 0.326 e. The molecule has 1 rings (SSSR count). The Morgan fingerprint density at radius 3 is 1.58 bits per heavy atom. The van der Waals surface area contributed by atoms with Crippen LogP contribution in [0, 0.1) is 17.8 Å². The van der Waals surface area contributed by atoms with Crippen LogP contribution in [0.4, 0.5) is 0 Å². The van der Waals surface area contributed by atoms with E-state index in [-0.39, 0.29) is 38.1 Å². The average molecular weight is 1200 g/mol. The van der Waals surface area contributed by atoms with Gasteiger partial charge in [-0.3, -0.25) is 57.5 Å². The fourth-order valence-corrected chi connectivity index (χ4v) is 7.89. The van der Waals surface area contributed by atoms with Crippen LogP contribution in [0.5, 0.6) is 0 Å². The third kappa shape index (κ3) is 27.0. The molecule has 0 aromatic carbocycles. The highest BCUT2D eigenvalue weighted by Crippen LogP contribution is 2.12. The molecular weight excluding hydrogens is 1110 g/mol. The van der Waals surface area contributed by atoms with E-state index in [9.17, 15) is 93.0 Å². The smallest absolute Gasteiger partial charge is 0.326 e. The molecule has 0 saturated carbocycles. The number of aliphatic carboxylic acids is 3. The van der Waals surface area contributed by atoms with E-state index in [0.717, 1.165) is 6.92 Å². The van der Waals surface area contributed by atoms with Gasteiger partial charge in [0.05, 0.1) is 38.1 Å². The fourth-order valence-electron chi connectivity index (χ4n) is 7.89. The van der Waals surface area contributed by atoms with Crippen molar-refractivity contribution in [2.75, 3.05) is 26.3 Å². The largest absolute Gasteiger partial charge is 0.481 e. The van der Waals surface area contributed by atoms with E-state index >= 15 is 0 Å². The van der Waals surface area contributed by atoms with Crippen LogP contribution in [-0.2, 0) is 68.7 Å². The zero-order chi connectivity index (χ0) is 64.0. The topological polar surface area (TPSA) is 544 Å². The van der Waals surface area contributed by atoms with Gasteiger partial charge < -0.3 is 100 Å². The van der Waals surface area contributed by atoms with Crippen molar-refractivity contribution >= 4 is 77.0 Å². The van der Waals surface area contributed by atoms with Crippen LogP contribution in [-0.4, -0.2) is 210 Å². The summed E-state index contributed by atoms with van der Waals surface area (Å²) in [7, 11) is 0. The van der Waals surface area contributed by atoms with Gasteiger partial charge in [0, 0.05) is 37.7 Å². The Morgan fingerprint density at radius 1 is 0.571 bits per heavy atom. The van der Waals surface area contributed by atoms with Gasteiger partial charge in [-0.05, 0) is 56.9 Å². The number of carboxylic acids is 3. The zero-order valence-corrected chi connectivity index (χ0v) is 48.2. The summed E-state index contributed by atoms with van der Waals surface area (Å²) < 4.78 is 0. The maximum absolute atomic E-state index is 13.9. The third-order valence-electron chi connectivity index (χ3n) is 12.9. The number of carbonyl (C=O) groups excluding carboxylic acids is 10. The molecule has 1 heterocycles. The lowest BCUT2D eigenvalue weighted by atomic mass is 9.97. The van der Waals surface area contributed by atoms with Gasteiger partial charge in [-0.1, -0.05) is 54.4 Å². The number of aromatic amines is 1. The number of unbranched alkanes of at least 4 members (excludes halogenated alkanes) is 1. The Kier molecular flexibility index (Phi) is 33.6. The Labute approximate surface area is 484 Å². The van der Waals surface area contributed by atoms with E-state index < -0.39 is 194 Å². The van der Waals surface area contributed by atoms with Crippen molar-refractivity contribution in [3.8, 4) is 0 Å². The van der Waals surface area contributed by atoms with Crippen molar-refractivity contribution in [2.45, 2.75) is 179 Å². The molecule has 0 bridgehead atoms. The Balaban J connectivity index is 3.25. The molecule has 0 unspecified atom stereocenters. The minimum absolute atomic E-state index is 0.0881. The van der Waals surface area contributed by atoms with Crippen molar-refractivity contribution in [1.82, 2.24) is 63.1 Å². The normalized spacial score (nSPS) is 15.5. The minimum Gasteiger partial charge on any atom is -0.481 e. The van der Waals surface area contributed by atoms with Gasteiger partial charge in [-0.15, -0.1) is 0 Å². The van der Waals surface area contributed by atoms with E-state index in [4.69, 9.17) is 11.5 Å². The number of aliphatic hydroxyl groups is 3. The molecule has 21 N–H and O–H groups in total. The van der Waals surface area contributed by atoms with Crippen molar-refractivity contribution < 1.29 is 93.0 Å². The molecular formula is C51H86N14O19. The number of carbonyl (C=O) groups is 13. The van der Waals surface area contributed by atoms with Crippen LogP contribution >= 0.6 is 0 Å². The van der Waals surface area contributed by atoms with Gasteiger partial charge in [-0.25, -0.2) is 9.78 Å². The first-order chi connectivity index (χ1) is 39.4. The third-order valence-corrected chi connectivity index (χ3v) is 12.9. The average Bonchev–Trinajstić information content (AvgIpc) is 4.11. The predicted molar refractivity (Wildman–Crippen MR) is 295 cm³/mol. The van der Waals surface area contributed by atoms with Gasteiger partial charge in [-0.2, -0.15) is 0 Å². The van der Waals surface area contributed by atoms with E-state index in [1.165, 1.54) is 33.3 Å². The highest BCUT2D eigenvalue weighted by atomic mass is 16.4. The molecule has 33 heteroatoms. The molecule has 84 heavy (non-hydrogen) atoms. The SMILES string of the molecule is CC[C@H](C)[C@H](NC(=O)[C@H](CO)NC(=O)[C@H](CO)NC(=O)[C@H](CC(C)C)NC(=O)[C@@H](N)CCCCN)C(=O)N[C@@H](CC(=O)O)C(=O)N[C@H](C(=O)N[C@@H](CCC(=O)O)C(=O)N[C@H](C(=O)NCCC(=O)N[C@@H](Cc1cnc[nH]1)C(=O)O)C(C)C)[C@@H](C)O. The molecule has 33 nitrogen and oxygen atoms in total. The molecule has 0 saturated heterocycles. The molecule has 474 valence electrons. The second-order valence-corrected chi connectivity index (χ2v) is 20.8. The Morgan fingerprint density at radius 2 is 1.08 bits per heavy atom. The molecule has 0 aliphatic rings. The number of aromatic nitrogens is 2. The number of nitrogens with two attached hydrogens (primary N) is 2. The van der Waals surface area contributed by atoms with Crippen LogP contribution in [0.2, 0.25) is 0 Å². The lowest BCUT2D eigenvalue weighted by Gasteiger charge is -2.29. The van der Waals surface area contributed by atoms with Crippen molar-refractivity contribution in [1.29, 1.82) is 0 Å². The summed E-state index contributed by atoms with van der Waals surface area (Å²) in [5.41, 5.74) is 11.9. The minimum atomic E-state index is -2.06. The van der Waals surface area contributed by atoms with Gasteiger partial charge in [0.25, 0.3) is 0 Å². The number of nitrogens with zero attached hydrogens (tertiary/aromatic N) is 1. The number of rotatable bonds is 41. The molecule has 0 radical (unpaired) electrons. The van der Waals surface area contributed by atoms with Gasteiger partial charge in [0.15, 0.2) is 0 Å². The standard InChI is InChI=1S/C51H86N14O19/c1-8-26(6)40(64-47(79)35(22-67)62-46(78)34(21-66)61-44(76)31(17-24(2)3)59-42(74)29(53)11-9-10-15-52)49(81)60-32(19-38(72)73)45(77)65-41(27(7)68)50(82)58-30(12-13-37(70)71)43(75)63-39(25(4)5)48(80)55-16-14-36(69)57-33(51(83)84)18-28-20-54-23-56-28/h20,23-27,29-35,39-41,66-68H,8-19,21-22,52-53H2,1-7H3,(H,54,56)(H,55,80)(H,57,69)(H,58,82)(H,59,74)(H,60,81)(H,61,76)(H,62,78)(H,63,75)(H,64,79)(H,65,77)(H,70,71)(H,72,73)(H,83,84)/t26-,27+,29-,30-,31-,32-,33-,34-,35-,39-,40-,41-/m0/s1. The highest BCUT2D eigenvalue weighted by Gasteiger charge is 2.38. The first-order valence-electron chi connectivity index (χ1n) is 27.4. The Bertz CT molecular complexity index is 2380. The number of H-pyrrole nitrogens is 1. The summed E-state index contributed by atoms with van der Waals surface area (Å²) >= 11 is 0. The lowest BCUT2D eigenvalue weighted by molar-refractivity contribution is -0.142. The zero-order valence-electron chi connectivity index (χ0n) is 48.2. The summed E-state index contributed by atoms with van der Waals surface area (Å²) in [5, 5.41) is 82.8. The fraction of sp³-hybridized carbons (Fsp3) is 0.686. The second kappa shape index (κ2) is 38.1. The molecule has 1 aromatic heterocycles. The molecule has 0 aliphatic carbocycles. The van der Waals surface area contributed by atoms with Gasteiger partial charge in [0.2, 0.25) is 59.1 Å². The summed E-state index contributed by atoms with van der Waals surface area (Å²) in [6, 6.07) is -16.0. The number of hydrogen-bond acceptors (Lipinski definition) is 19. The number of hydrogen-bond donors (Lipinski definition) is 19. The summed E-state index contributed by atoms with van der Waals surface area (Å²) in [6.07, 6.45) is -0.500. The number of aliphatic hydroxyl groups excluding tert-OH is 3. The van der Waals surface area contributed by atoms with E-state index in [0.29, 0.717) is 25.1 Å². The number of nitrogens with one attached hydrogen (secondary N) is 11. The van der Waals surface area contributed by atoms with Crippen LogP contribution in [0.25, 0.3) is 0 Å². The number of carboxylic acid groups (broad SMARTS) is 3. The van der Waals surface area contributed by atoms with Crippen LogP contribution in [0.15, 0.2) is 12.5 Å². The molecule has 12 atom stereocenters. The maximum atomic E-state index is 13.9. The van der Waals surface area contributed by atoms with Crippen LogP contribution < -0.4 is 64.6 Å². The molecule has 0 aliphatic heterocycles. The molecule has 10 amide bonds. The first kappa shape index (κ1) is 74.1. The van der Waals surface area contributed by atoms with Crippen LogP contribution in [0.1, 0.15) is 112 Å². The van der Waals surface area contributed by atoms with E-state index in [1.807, 2.05) is 0 Å². The lowest BCUT2D eigenvalue weighted by Crippen LogP contribution is -2.63. The summed E-state index contributed by atoms with van der Waals surface area (Å²) in [5.74, 6) is -16.6. The summed E-state index contributed by atoms with van der Waals surface area (Å²) in [6.45, 7) is 8.54. The van der Waals surface area contributed by atoms with Crippen molar-refractivity contribution in [3.05, 3.63) is 18.2 Å².